The number of benzene rings is 2. The molecule has 23 heavy (non-hydrogen) atoms. The number of thioether (sulfide) groups is 1. The van der Waals surface area contributed by atoms with E-state index >= 15 is 0 Å². The molecule has 1 N–H and O–H groups in total. The Kier molecular flexibility index (Phi) is 4.93. The number of hydrogen-bond acceptors (Lipinski definition) is 4. The lowest BCUT2D eigenvalue weighted by Gasteiger charge is -2.07. The number of anilines is 1. The van der Waals surface area contributed by atoms with Crippen LogP contribution in [0.4, 0.5) is 10.1 Å². The van der Waals surface area contributed by atoms with Gasteiger partial charge in [0.15, 0.2) is 11.5 Å². The summed E-state index contributed by atoms with van der Waals surface area (Å²) < 4.78 is 23.5. The maximum Gasteiger partial charge on any atom is 0.234 e. The Hall–Kier alpha value is -1.92. The van der Waals surface area contributed by atoms with Gasteiger partial charge in [-0.3, -0.25) is 4.79 Å². The zero-order valence-electron chi connectivity index (χ0n) is 12.0. The summed E-state index contributed by atoms with van der Waals surface area (Å²) in [5.74, 6) is 1.77. The molecule has 3 rings (SSSR count). The fraction of sp³-hybridized carbons (Fsp3) is 0.188. The van der Waals surface area contributed by atoms with E-state index in [-0.39, 0.29) is 23.5 Å². The van der Waals surface area contributed by atoms with Crippen molar-refractivity contribution in [1.29, 1.82) is 0 Å². The Bertz CT molecular complexity index is 741. The van der Waals surface area contributed by atoms with Gasteiger partial charge in [0.25, 0.3) is 0 Å². The Morgan fingerprint density at radius 3 is 2.87 bits per heavy atom. The third-order valence-corrected chi connectivity index (χ3v) is 4.46. The maximum atomic E-state index is 12.9. The molecule has 4 nitrogen and oxygen atoms in total. The summed E-state index contributed by atoms with van der Waals surface area (Å²) in [5.41, 5.74) is 1.45. The van der Waals surface area contributed by atoms with E-state index in [1.165, 1.54) is 23.9 Å². The monoisotopic (exact) mass is 353 g/mol. The largest absolute Gasteiger partial charge is 0.454 e. The first-order chi connectivity index (χ1) is 11.1. The summed E-state index contributed by atoms with van der Waals surface area (Å²) in [6, 6.07) is 9.56. The number of hydrogen-bond donors (Lipinski definition) is 1. The van der Waals surface area contributed by atoms with Crippen LogP contribution >= 0.6 is 23.4 Å². The summed E-state index contributed by atoms with van der Waals surface area (Å²) in [6.45, 7) is 0.243. The molecule has 1 aliphatic rings. The number of nitrogens with one attached hydrogen (secondary N) is 1. The normalized spacial score (nSPS) is 12.3. The quantitative estimate of drug-likeness (QED) is 0.879. The first-order valence-corrected chi connectivity index (χ1v) is 8.36. The van der Waals surface area contributed by atoms with Gasteiger partial charge in [-0.25, -0.2) is 4.39 Å². The molecular formula is C16H13ClFNO3S. The molecule has 120 valence electrons. The maximum absolute atomic E-state index is 12.9. The lowest BCUT2D eigenvalue weighted by molar-refractivity contribution is -0.113. The Morgan fingerprint density at radius 2 is 2.04 bits per heavy atom. The smallest absolute Gasteiger partial charge is 0.234 e. The van der Waals surface area contributed by atoms with E-state index in [0.29, 0.717) is 11.4 Å². The van der Waals surface area contributed by atoms with Crippen LogP contribution < -0.4 is 14.8 Å². The second-order valence-electron chi connectivity index (χ2n) is 4.85. The fourth-order valence-electron chi connectivity index (χ4n) is 2.07. The Balaban J connectivity index is 1.49. The van der Waals surface area contributed by atoms with Crippen molar-refractivity contribution in [2.24, 2.45) is 0 Å². The van der Waals surface area contributed by atoms with Gasteiger partial charge >= 0.3 is 0 Å². The molecule has 1 amide bonds. The molecule has 0 aromatic heterocycles. The van der Waals surface area contributed by atoms with Crippen LogP contribution in [0.15, 0.2) is 36.4 Å². The second kappa shape index (κ2) is 7.10. The van der Waals surface area contributed by atoms with E-state index in [1.54, 1.807) is 0 Å². The highest BCUT2D eigenvalue weighted by molar-refractivity contribution is 7.99. The lowest BCUT2D eigenvalue weighted by atomic mass is 10.2. The first-order valence-electron chi connectivity index (χ1n) is 6.83. The molecule has 0 saturated heterocycles. The summed E-state index contributed by atoms with van der Waals surface area (Å²) in [7, 11) is 0. The van der Waals surface area contributed by atoms with Gasteiger partial charge in [0.1, 0.15) is 5.82 Å². The highest BCUT2D eigenvalue weighted by Crippen LogP contribution is 2.33. The minimum atomic E-state index is -0.440. The van der Waals surface area contributed by atoms with Crippen LogP contribution in [-0.2, 0) is 10.5 Å². The van der Waals surface area contributed by atoms with Gasteiger partial charge in [-0.15, -0.1) is 11.8 Å². The molecular weight excluding hydrogens is 341 g/mol. The van der Waals surface area contributed by atoms with Crippen molar-refractivity contribution in [1.82, 2.24) is 0 Å². The van der Waals surface area contributed by atoms with Crippen LogP contribution in [-0.4, -0.2) is 18.5 Å². The molecule has 1 aliphatic heterocycles. The van der Waals surface area contributed by atoms with Crippen LogP contribution in [0.1, 0.15) is 5.56 Å². The van der Waals surface area contributed by atoms with Gasteiger partial charge in [-0.1, -0.05) is 17.7 Å². The highest BCUT2D eigenvalue weighted by Gasteiger charge is 2.13. The van der Waals surface area contributed by atoms with Gasteiger partial charge in [0.05, 0.1) is 16.5 Å². The van der Waals surface area contributed by atoms with Gasteiger partial charge in [-0.2, -0.15) is 0 Å². The van der Waals surface area contributed by atoms with Gasteiger partial charge in [-0.05, 0) is 35.9 Å². The van der Waals surface area contributed by atoms with E-state index in [2.05, 4.69) is 5.32 Å². The van der Waals surface area contributed by atoms with E-state index in [1.807, 2.05) is 18.2 Å². The zero-order valence-corrected chi connectivity index (χ0v) is 13.5. The number of amides is 1. The van der Waals surface area contributed by atoms with Crippen molar-refractivity contribution in [2.75, 3.05) is 17.9 Å². The summed E-state index contributed by atoms with van der Waals surface area (Å²) in [4.78, 5) is 11.9. The molecule has 0 atom stereocenters. The number of rotatable bonds is 5. The van der Waals surface area contributed by atoms with Gasteiger partial charge in [0, 0.05) is 5.75 Å². The third kappa shape index (κ3) is 4.09. The Labute approximate surface area is 141 Å². The van der Waals surface area contributed by atoms with E-state index < -0.39 is 5.82 Å². The molecule has 0 radical (unpaired) electrons. The molecule has 0 saturated carbocycles. The average molecular weight is 354 g/mol. The second-order valence-corrected chi connectivity index (χ2v) is 6.25. The predicted octanol–water partition coefficient (Wildman–Crippen LogP) is 4.08. The van der Waals surface area contributed by atoms with Gasteiger partial charge in [0.2, 0.25) is 12.7 Å². The topological polar surface area (TPSA) is 47.6 Å². The van der Waals surface area contributed by atoms with E-state index in [4.69, 9.17) is 21.1 Å². The molecule has 0 bridgehead atoms. The van der Waals surface area contributed by atoms with Crippen LogP contribution in [0.3, 0.4) is 0 Å². The van der Waals surface area contributed by atoms with Crippen molar-refractivity contribution >= 4 is 35.0 Å². The number of carbonyl (C=O) groups excluding carboxylic acids is 1. The molecule has 0 aliphatic carbocycles. The number of fused-ring (bicyclic) bond motifs is 1. The third-order valence-electron chi connectivity index (χ3n) is 3.14. The number of ether oxygens (including phenoxy) is 2. The highest BCUT2D eigenvalue weighted by atomic mass is 35.5. The summed E-state index contributed by atoms with van der Waals surface area (Å²) in [6.07, 6.45) is 0. The zero-order chi connectivity index (χ0) is 16.2. The van der Waals surface area contributed by atoms with Crippen molar-refractivity contribution in [3.8, 4) is 11.5 Å². The van der Waals surface area contributed by atoms with Crippen molar-refractivity contribution in [3.63, 3.8) is 0 Å². The Morgan fingerprint density at radius 1 is 1.22 bits per heavy atom. The number of carbonyl (C=O) groups is 1. The van der Waals surface area contributed by atoms with E-state index in [0.717, 1.165) is 23.1 Å². The van der Waals surface area contributed by atoms with E-state index in [9.17, 15) is 9.18 Å². The molecule has 0 unspecified atom stereocenters. The van der Waals surface area contributed by atoms with Crippen LogP contribution in [0.25, 0.3) is 0 Å². The van der Waals surface area contributed by atoms with Crippen molar-refractivity contribution in [3.05, 3.63) is 52.8 Å². The SMILES string of the molecule is O=C(CSCc1ccc2c(c1)OCO2)Nc1ccc(F)cc1Cl. The molecule has 2 aromatic rings. The molecule has 0 fully saturated rings. The lowest BCUT2D eigenvalue weighted by Crippen LogP contribution is -2.14. The van der Waals surface area contributed by atoms with Crippen LogP contribution in [0, 0.1) is 5.82 Å². The van der Waals surface area contributed by atoms with Crippen molar-refractivity contribution in [2.45, 2.75) is 5.75 Å². The number of halogens is 2. The minimum absolute atomic E-state index is 0.180. The molecule has 1 heterocycles. The average Bonchev–Trinajstić information content (AvgIpc) is 2.98. The standard InChI is InChI=1S/C16H13ClFNO3S/c17-12-6-11(18)2-3-13(12)19-16(20)8-23-7-10-1-4-14-15(5-10)22-9-21-14/h1-6H,7-9H2,(H,19,20). The summed E-state index contributed by atoms with van der Waals surface area (Å²) in [5, 5.41) is 2.84. The summed E-state index contributed by atoms with van der Waals surface area (Å²) >= 11 is 7.33. The molecule has 0 spiro atoms. The molecule has 7 heteroatoms. The van der Waals surface area contributed by atoms with Crippen molar-refractivity contribution < 1.29 is 18.7 Å². The predicted molar refractivity (Wildman–Crippen MR) is 88.8 cm³/mol. The fourth-order valence-corrected chi connectivity index (χ4v) is 3.06. The van der Waals surface area contributed by atoms with Crippen LogP contribution in [0.5, 0.6) is 11.5 Å². The molecule has 2 aromatic carbocycles. The van der Waals surface area contributed by atoms with Crippen LogP contribution in [0.2, 0.25) is 5.02 Å². The minimum Gasteiger partial charge on any atom is -0.454 e. The first kappa shape index (κ1) is 16.0. The van der Waals surface area contributed by atoms with Gasteiger partial charge < -0.3 is 14.8 Å².